The van der Waals surface area contributed by atoms with Crippen LogP contribution in [0.5, 0.6) is 0 Å². The number of nitrogens with zero attached hydrogens (tertiary/aromatic N) is 5. The van der Waals surface area contributed by atoms with E-state index in [0.717, 1.165) is 17.8 Å². The Kier molecular flexibility index (Phi) is 5.23. The number of anilines is 3. The molecule has 1 aromatic carbocycles. The summed E-state index contributed by atoms with van der Waals surface area (Å²) in [6.07, 6.45) is -1.06. The number of nitrogens with two attached hydrogens (primary N) is 2. The Hall–Kier alpha value is -3.60. The predicted molar refractivity (Wildman–Crippen MR) is 124 cm³/mol. The summed E-state index contributed by atoms with van der Waals surface area (Å²) in [5, 5.41) is 0.584. The summed E-state index contributed by atoms with van der Waals surface area (Å²) < 4.78 is 48.1. The van der Waals surface area contributed by atoms with Crippen molar-refractivity contribution in [3.8, 4) is 0 Å². The van der Waals surface area contributed by atoms with Crippen LogP contribution in [0.2, 0.25) is 0 Å². The molecule has 0 radical (unpaired) electrons. The highest BCUT2D eigenvalue weighted by atomic mass is 19.4. The molecule has 0 spiro atoms. The van der Waals surface area contributed by atoms with E-state index in [1.807, 2.05) is 11.3 Å². The molecule has 0 bridgehead atoms. The summed E-state index contributed by atoms with van der Waals surface area (Å²) in [6, 6.07) is 3.64. The Labute approximate surface area is 193 Å². The second kappa shape index (κ2) is 8.01. The number of pyridine rings is 1. The first-order chi connectivity index (χ1) is 16.1. The molecule has 1 atom stereocenters. The van der Waals surface area contributed by atoms with Gasteiger partial charge in [-0.25, -0.2) is 15.0 Å². The lowest BCUT2D eigenvalue weighted by atomic mass is 9.88. The zero-order valence-corrected chi connectivity index (χ0v) is 18.7. The van der Waals surface area contributed by atoms with Crippen molar-refractivity contribution in [3.05, 3.63) is 53.1 Å². The average Bonchev–Trinajstić information content (AvgIpc) is 3.27. The van der Waals surface area contributed by atoms with Gasteiger partial charge in [-0.2, -0.15) is 13.2 Å². The molecule has 5 rings (SSSR count). The van der Waals surface area contributed by atoms with Gasteiger partial charge < -0.3 is 21.1 Å². The summed E-state index contributed by atoms with van der Waals surface area (Å²) in [7, 11) is 0. The Morgan fingerprint density at radius 1 is 1.06 bits per heavy atom. The van der Waals surface area contributed by atoms with Crippen LogP contribution in [-0.2, 0) is 10.9 Å². The van der Waals surface area contributed by atoms with Crippen molar-refractivity contribution in [1.82, 2.24) is 19.4 Å². The highest BCUT2D eigenvalue weighted by molar-refractivity contribution is 5.98. The number of ether oxygens (including phenoxy) is 1. The van der Waals surface area contributed by atoms with E-state index in [4.69, 9.17) is 16.2 Å². The van der Waals surface area contributed by atoms with E-state index in [-0.39, 0.29) is 11.5 Å². The van der Waals surface area contributed by atoms with Crippen LogP contribution in [0.4, 0.5) is 30.4 Å². The maximum atomic E-state index is 13.6. The molecule has 3 aromatic heterocycles. The first kappa shape index (κ1) is 22.2. The number of hydrogen-bond donors (Lipinski definition) is 2. The molecule has 11 heteroatoms. The number of halogens is 3. The van der Waals surface area contributed by atoms with Crippen molar-refractivity contribution in [3.63, 3.8) is 0 Å². The number of alkyl halides is 3. The second-order valence-electron chi connectivity index (χ2n) is 8.45. The summed E-state index contributed by atoms with van der Waals surface area (Å²) >= 11 is 0. The minimum Gasteiger partial charge on any atom is -0.399 e. The fourth-order valence-electron chi connectivity index (χ4n) is 4.68. The van der Waals surface area contributed by atoms with Crippen molar-refractivity contribution in [2.45, 2.75) is 25.9 Å². The zero-order chi connectivity index (χ0) is 24.2. The van der Waals surface area contributed by atoms with Crippen LogP contribution < -0.4 is 16.4 Å². The van der Waals surface area contributed by atoms with Gasteiger partial charge in [0.1, 0.15) is 11.6 Å². The van der Waals surface area contributed by atoms with E-state index in [1.54, 1.807) is 25.4 Å². The number of imidazole rings is 1. The molecule has 1 aliphatic rings. The summed E-state index contributed by atoms with van der Waals surface area (Å²) in [5.74, 6) is 0.232. The van der Waals surface area contributed by atoms with E-state index in [0.29, 0.717) is 59.9 Å². The van der Waals surface area contributed by atoms with Crippen LogP contribution in [0.1, 0.15) is 35.4 Å². The van der Waals surface area contributed by atoms with Gasteiger partial charge in [-0.1, -0.05) is 6.92 Å². The fraction of sp³-hybridized carbons (Fsp3) is 0.348. The van der Waals surface area contributed by atoms with Gasteiger partial charge in [-0.3, -0.25) is 4.40 Å². The molecule has 0 saturated carbocycles. The van der Waals surface area contributed by atoms with Gasteiger partial charge in [0.25, 0.3) is 0 Å². The second-order valence-corrected chi connectivity index (χ2v) is 8.45. The first-order valence-electron chi connectivity index (χ1n) is 10.9. The van der Waals surface area contributed by atoms with Crippen molar-refractivity contribution >= 4 is 33.9 Å². The third-order valence-electron chi connectivity index (χ3n) is 6.20. The monoisotopic (exact) mass is 471 g/mol. The predicted octanol–water partition coefficient (Wildman–Crippen LogP) is 3.76. The van der Waals surface area contributed by atoms with Crippen LogP contribution in [0, 0.1) is 6.92 Å². The largest absolute Gasteiger partial charge is 0.416 e. The van der Waals surface area contributed by atoms with Gasteiger partial charge in [-0.15, -0.1) is 0 Å². The standard InChI is InChI=1S/C23H24F3N7O/c1-12(14-9-15(23(24,25)26)11-16(27)10-14)17-18-20(28)30-13(2)31-21(18)33-4-3-29-22(33)19(17)32-5-7-34-8-6-32/h3-4,9-12H,5-8,27H2,1-2H3,(H2,28,30,31). The maximum absolute atomic E-state index is 13.6. The zero-order valence-electron chi connectivity index (χ0n) is 18.7. The molecule has 1 aliphatic heterocycles. The average molecular weight is 471 g/mol. The molecule has 1 saturated heterocycles. The molecule has 1 fully saturated rings. The van der Waals surface area contributed by atoms with Gasteiger partial charge >= 0.3 is 6.18 Å². The number of fused-ring (bicyclic) bond motifs is 3. The van der Waals surface area contributed by atoms with Gasteiger partial charge in [0.05, 0.1) is 29.9 Å². The normalized spacial score (nSPS) is 15.9. The molecule has 1 unspecified atom stereocenters. The van der Waals surface area contributed by atoms with Crippen LogP contribution in [0.25, 0.3) is 16.7 Å². The van der Waals surface area contributed by atoms with E-state index in [9.17, 15) is 13.2 Å². The van der Waals surface area contributed by atoms with Crippen molar-refractivity contribution in [2.24, 2.45) is 0 Å². The summed E-state index contributed by atoms with van der Waals surface area (Å²) in [5.41, 5.74) is 14.7. The molecule has 4 aromatic rings. The van der Waals surface area contributed by atoms with Crippen molar-refractivity contribution in [1.29, 1.82) is 0 Å². The Balaban J connectivity index is 1.86. The summed E-state index contributed by atoms with van der Waals surface area (Å²) in [6.45, 7) is 5.83. The lowest BCUT2D eigenvalue weighted by Gasteiger charge is -2.33. The van der Waals surface area contributed by atoms with E-state index >= 15 is 0 Å². The molecule has 0 amide bonds. The maximum Gasteiger partial charge on any atom is 0.416 e. The molecule has 34 heavy (non-hydrogen) atoms. The van der Waals surface area contributed by atoms with Crippen LogP contribution in [0.3, 0.4) is 0 Å². The molecule has 0 aliphatic carbocycles. The third-order valence-corrected chi connectivity index (χ3v) is 6.20. The number of morpholine rings is 1. The number of hydrogen-bond acceptors (Lipinski definition) is 7. The molecule has 4 N–H and O–H groups in total. The quantitative estimate of drug-likeness (QED) is 0.438. The number of benzene rings is 1. The minimum absolute atomic E-state index is 0.0378. The number of nitrogen functional groups attached to an aromatic ring is 2. The highest BCUT2D eigenvalue weighted by Gasteiger charge is 2.33. The first-order valence-corrected chi connectivity index (χ1v) is 10.9. The molecule has 8 nitrogen and oxygen atoms in total. The van der Waals surface area contributed by atoms with Crippen molar-refractivity contribution < 1.29 is 17.9 Å². The number of aryl methyl sites for hydroxylation is 1. The molecular formula is C23H24F3N7O. The topological polar surface area (TPSA) is 108 Å². The van der Waals surface area contributed by atoms with Crippen LogP contribution in [-0.4, -0.2) is 45.7 Å². The highest BCUT2D eigenvalue weighted by Crippen LogP contribution is 2.43. The number of aromatic nitrogens is 4. The van der Waals surface area contributed by atoms with Gasteiger partial charge in [0.15, 0.2) is 11.3 Å². The minimum atomic E-state index is -4.52. The van der Waals surface area contributed by atoms with E-state index in [2.05, 4.69) is 19.9 Å². The third kappa shape index (κ3) is 3.65. The van der Waals surface area contributed by atoms with E-state index in [1.165, 1.54) is 0 Å². The Morgan fingerprint density at radius 2 is 1.79 bits per heavy atom. The number of rotatable bonds is 3. The Morgan fingerprint density at radius 3 is 2.50 bits per heavy atom. The SMILES string of the molecule is Cc1nc(N)c2c(C(C)c3cc(N)cc(C(F)(F)F)c3)c(N3CCOCC3)c3nccn3c2n1. The molecule has 178 valence electrons. The Bertz CT molecular complexity index is 1390. The van der Waals surface area contributed by atoms with Gasteiger partial charge in [0, 0.05) is 42.7 Å². The molecule has 4 heterocycles. The van der Waals surface area contributed by atoms with Crippen LogP contribution >= 0.6 is 0 Å². The molecular weight excluding hydrogens is 447 g/mol. The fourth-order valence-corrected chi connectivity index (χ4v) is 4.68. The lowest BCUT2D eigenvalue weighted by Crippen LogP contribution is -2.37. The van der Waals surface area contributed by atoms with Gasteiger partial charge in [0.2, 0.25) is 0 Å². The van der Waals surface area contributed by atoms with Gasteiger partial charge in [-0.05, 0) is 30.7 Å². The smallest absolute Gasteiger partial charge is 0.399 e. The van der Waals surface area contributed by atoms with Crippen molar-refractivity contribution in [2.75, 3.05) is 42.7 Å². The summed E-state index contributed by atoms with van der Waals surface area (Å²) in [4.78, 5) is 15.7. The van der Waals surface area contributed by atoms with Crippen LogP contribution in [0.15, 0.2) is 30.6 Å². The van der Waals surface area contributed by atoms with E-state index < -0.39 is 17.7 Å². The lowest BCUT2D eigenvalue weighted by molar-refractivity contribution is -0.137.